The molecule has 2 aliphatic heterocycles. The summed E-state index contributed by atoms with van der Waals surface area (Å²) in [6.45, 7) is 3.58. The summed E-state index contributed by atoms with van der Waals surface area (Å²) in [5.41, 5.74) is 3.40. The summed E-state index contributed by atoms with van der Waals surface area (Å²) < 4.78 is 21.1. The maximum absolute atomic E-state index is 15.6. The first-order valence-electron chi connectivity index (χ1n) is 11.3. The van der Waals surface area contributed by atoms with Gasteiger partial charge in [0.15, 0.2) is 0 Å². The van der Waals surface area contributed by atoms with Gasteiger partial charge in [0.05, 0.1) is 41.3 Å². The van der Waals surface area contributed by atoms with Crippen molar-refractivity contribution in [3.05, 3.63) is 75.1 Å². The Morgan fingerprint density at radius 3 is 2.68 bits per heavy atom. The van der Waals surface area contributed by atoms with Gasteiger partial charge in [0.2, 0.25) is 0 Å². The van der Waals surface area contributed by atoms with Crippen molar-refractivity contribution in [1.29, 1.82) is 5.26 Å². The summed E-state index contributed by atoms with van der Waals surface area (Å²) in [5, 5.41) is 9.49. The van der Waals surface area contributed by atoms with Gasteiger partial charge in [-0.15, -0.1) is 0 Å². The van der Waals surface area contributed by atoms with Gasteiger partial charge in [-0.3, -0.25) is 4.79 Å². The maximum Gasteiger partial charge on any atom is 0.254 e. The van der Waals surface area contributed by atoms with E-state index in [-0.39, 0.29) is 18.7 Å². The van der Waals surface area contributed by atoms with Gasteiger partial charge in [-0.25, -0.2) is 9.37 Å². The van der Waals surface area contributed by atoms with Crippen molar-refractivity contribution in [1.82, 2.24) is 14.9 Å². The second-order valence-corrected chi connectivity index (χ2v) is 9.31. The molecule has 6 nitrogen and oxygen atoms in total. The zero-order valence-electron chi connectivity index (χ0n) is 18.8. The quantitative estimate of drug-likeness (QED) is 0.568. The second-order valence-electron chi connectivity index (χ2n) is 8.91. The average molecular weight is 479 g/mol. The molecule has 0 saturated carbocycles. The molecule has 2 aromatic carbocycles. The number of carbonyl (C=O) groups is 1. The number of carbonyl (C=O) groups excluding carboxylic acids is 1. The van der Waals surface area contributed by atoms with E-state index >= 15 is 4.39 Å². The number of nitriles is 1. The minimum Gasteiger partial charge on any atom is -0.375 e. The minimum absolute atomic E-state index is 0.142. The number of amides is 1. The third-order valence-electron chi connectivity index (χ3n) is 6.77. The first-order chi connectivity index (χ1) is 16.4. The Bertz CT molecular complexity index is 1260. The number of nitrogens with one attached hydrogen (secondary N) is 1. The van der Waals surface area contributed by atoms with Crippen LogP contribution in [0.25, 0.3) is 11.4 Å². The zero-order chi connectivity index (χ0) is 23.9. The van der Waals surface area contributed by atoms with Crippen LogP contribution in [0.5, 0.6) is 0 Å². The number of fused-ring (bicyclic) bond motifs is 1. The number of imidazole rings is 1. The molecule has 3 heterocycles. The van der Waals surface area contributed by atoms with E-state index < -0.39 is 5.67 Å². The van der Waals surface area contributed by atoms with E-state index in [1.54, 1.807) is 41.3 Å². The van der Waals surface area contributed by atoms with Crippen molar-refractivity contribution in [3.8, 4) is 17.5 Å². The molecule has 3 aromatic rings. The number of alkyl halides is 1. The van der Waals surface area contributed by atoms with Crippen LogP contribution >= 0.6 is 11.6 Å². The second kappa shape index (κ2) is 8.86. The largest absolute Gasteiger partial charge is 0.375 e. The number of hydrogen-bond acceptors (Lipinski definition) is 4. The Kier molecular flexibility index (Phi) is 5.88. The maximum atomic E-state index is 15.6. The fourth-order valence-corrected chi connectivity index (χ4v) is 5.00. The number of ether oxygens (including phenoxy) is 1. The van der Waals surface area contributed by atoms with E-state index in [1.807, 2.05) is 6.92 Å². The molecular formula is C26H24ClFN4O2. The van der Waals surface area contributed by atoms with E-state index in [9.17, 15) is 4.79 Å². The number of piperidine rings is 1. The van der Waals surface area contributed by atoms with Crippen LogP contribution in [-0.2, 0) is 23.4 Å². The Labute approximate surface area is 202 Å². The predicted octanol–water partition coefficient (Wildman–Crippen LogP) is 5.08. The molecule has 1 N–H and O–H groups in total. The zero-order valence-corrected chi connectivity index (χ0v) is 19.6. The van der Waals surface area contributed by atoms with Gasteiger partial charge >= 0.3 is 0 Å². The van der Waals surface area contributed by atoms with Crippen LogP contribution in [-0.4, -0.2) is 40.5 Å². The SMILES string of the molecule is Cc1cc(Cl)c(-c2nc3c([nH]2)COCC3)cc1C(=O)N1CCC(F)(c2ccc(C#N)cc2)CC1. The summed E-state index contributed by atoms with van der Waals surface area (Å²) >= 11 is 6.53. The minimum atomic E-state index is -1.51. The number of hydrogen-bond donors (Lipinski definition) is 1. The number of nitrogens with zero attached hydrogens (tertiary/aromatic N) is 3. The van der Waals surface area contributed by atoms with Crippen LogP contribution in [0.3, 0.4) is 0 Å². The average Bonchev–Trinajstić information content (AvgIpc) is 3.28. The lowest BCUT2D eigenvalue weighted by atomic mass is 9.85. The molecule has 2 aliphatic rings. The highest BCUT2D eigenvalue weighted by atomic mass is 35.5. The van der Waals surface area contributed by atoms with Crippen LogP contribution in [0.4, 0.5) is 4.39 Å². The molecule has 0 radical (unpaired) electrons. The molecule has 1 saturated heterocycles. The highest BCUT2D eigenvalue weighted by Crippen LogP contribution is 2.38. The number of halogens is 2. The van der Waals surface area contributed by atoms with Gasteiger partial charge in [-0.1, -0.05) is 23.7 Å². The molecule has 8 heteroatoms. The Hall–Kier alpha value is -3.21. The van der Waals surface area contributed by atoms with Crippen molar-refractivity contribution in [3.63, 3.8) is 0 Å². The summed E-state index contributed by atoms with van der Waals surface area (Å²) in [7, 11) is 0. The van der Waals surface area contributed by atoms with Crippen molar-refractivity contribution in [2.75, 3.05) is 19.7 Å². The number of H-pyrrole nitrogens is 1. The molecule has 174 valence electrons. The lowest BCUT2D eigenvalue weighted by Crippen LogP contribution is -2.43. The van der Waals surface area contributed by atoms with Crippen LogP contribution in [0.15, 0.2) is 36.4 Å². The van der Waals surface area contributed by atoms with Gasteiger partial charge in [0.1, 0.15) is 11.5 Å². The molecule has 0 unspecified atom stereocenters. The molecule has 34 heavy (non-hydrogen) atoms. The Balaban J connectivity index is 1.36. The molecule has 0 bridgehead atoms. The normalized spacial score (nSPS) is 17.2. The van der Waals surface area contributed by atoms with Crippen LogP contribution in [0, 0.1) is 18.3 Å². The highest BCUT2D eigenvalue weighted by Gasteiger charge is 2.38. The van der Waals surface area contributed by atoms with Crippen molar-refractivity contribution < 1.29 is 13.9 Å². The highest BCUT2D eigenvalue weighted by molar-refractivity contribution is 6.33. The smallest absolute Gasteiger partial charge is 0.254 e. The summed E-state index contributed by atoms with van der Waals surface area (Å²) in [4.78, 5) is 23.1. The standard InChI is InChI=1S/C26H24ClFN4O2/c1-16-12-21(27)20(24-30-22-6-11-34-15-23(22)31-24)13-19(16)25(33)32-9-7-26(28,8-10-32)18-4-2-17(14-29)3-5-18/h2-5,12-13H,6-11,15H2,1H3,(H,30,31). The molecule has 1 aromatic heterocycles. The van der Waals surface area contributed by atoms with Gasteiger partial charge in [0.25, 0.3) is 5.91 Å². The van der Waals surface area contributed by atoms with E-state index in [1.165, 1.54) is 0 Å². The number of aromatic nitrogens is 2. The Morgan fingerprint density at radius 1 is 1.26 bits per heavy atom. The number of aryl methyl sites for hydroxylation is 1. The topological polar surface area (TPSA) is 82.0 Å². The third-order valence-corrected chi connectivity index (χ3v) is 7.08. The molecule has 0 aliphatic carbocycles. The van der Waals surface area contributed by atoms with E-state index in [2.05, 4.69) is 16.0 Å². The van der Waals surface area contributed by atoms with Crippen molar-refractivity contribution >= 4 is 17.5 Å². The number of likely N-dealkylation sites (tertiary alicyclic amines) is 1. The van der Waals surface area contributed by atoms with Gasteiger partial charge < -0.3 is 14.6 Å². The van der Waals surface area contributed by atoms with Crippen molar-refractivity contribution in [2.24, 2.45) is 0 Å². The predicted molar refractivity (Wildman–Crippen MR) is 126 cm³/mol. The van der Waals surface area contributed by atoms with E-state index in [0.29, 0.717) is 59.4 Å². The first kappa shape index (κ1) is 22.6. The summed E-state index contributed by atoms with van der Waals surface area (Å²) in [6.07, 6.45) is 1.14. The van der Waals surface area contributed by atoms with Gasteiger partial charge in [0, 0.05) is 43.5 Å². The van der Waals surface area contributed by atoms with Crippen LogP contribution < -0.4 is 0 Å². The number of aromatic amines is 1. The fourth-order valence-electron chi connectivity index (χ4n) is 4.69. The summed E-state index contributed by atoms with van der Waals surface area (Å²) in [5.74, 6) is 0.480. The monoisotopic (exact) mass is 478 g/mol. The van der Waals surface area contributed by atoms with Gasteiger partial charge in [-0.05, 0) is 42.3 Å². The van der Waals surface area contributed by atoms with Crippen LogP contribution in [0.2, 0.25) is 5.02 Å². The summed E-state index contributed by atoms with van der Waals surface area (Å²) in [6, 6.07) is 12.2. The van der Waals surface area contributed by atoms with Crippen LogP contribution in [0.1, 0.15) is 51.3 Å². The van der Waals surface area contributed by atoms with Gasteiger partial charge in [-0.2, -0.15) is 5.26 Å². The van der Waals surface area contributed by atoms with E-state index in [0.717, 1.165) is 23.4 Å². The molecule has 5 rings (SSSR count). The molecule has 0 spiro atoms. The lowest BCUT2D eigenvalue weighted by Gasteiger charge is -2.37. The Morgan fingerprint density at radius 2 is 2.00 bits per heavy atom. The third kappa shape index (κ3) is 4.08. The van der Waals surface area contributed by atoms with E-state index in [4.69, 9.17) is 21.6 Å². The van der Waals surface area contributed by atoms with Crippen molar-refractivity contribution in [2.45, 2.75) is 38.5 Å². The molecule has 0 atom stereocenters. The number of benzene rings is 2. The molecule has 1 fully saturated rings. The number of rotatable bonds is 3. The first-order valence-corrected chi connectivity index (χ1v) is 11.7. The molecular weight excluding hydrogens is 455 g/mol. The molecule has 1 amide bonds. The fraction of sp³-hybridized carbons (Fsp3) is 0.346. The lowest BCUT2D eigenvalue weighted by molar-refractivity contribution is 0.0421.